The highest BCUT2D eigenvalue weighted by Crippen LogP contribution is 2.29. The van der Waals surface area contributed by atoms with E-state index in [0.717, 1.165) is 11.3 Å². The number of carbonyl (C=O) groups excluding carboxylic acids is 1. The number of nitrogens with zero attached hydrogens (tertiary/aromatic N) is 2. The Labute approximate surface area is 150 Å². The van der Waals surface area contributed by atoms with E-state index in [1.54, 1.807) is 18.2 Å². The standard InChI is InChI=1S/C18H15Cl2N3O/c1-23(2)14-8-6-12(7-9-14)10-13(11-21)18(24)22-16-5-3-4-15(19)17(16)20/h3-10H,1-2H3,(H,22,24)/b13-10+. The van der Waals surface area contributed by atoms with Crippen molar-refractivity contribution in [2.75, 3.05) is 24.3 Å². The Morgan fingerprint density at radius 2 is 1.83 bits per heavy atom. The van der Waals surface area contributed by atoms with Crippen LogP contribution >= 0.6 is 23.2 Å². The number of carbonyl (C=O) groups is 1. The molecule has 0 aliphatic rings. The van der Waals surface area contributed by atoms with Crippen LogP contribution in [0.5, 0.6) is 0 Å². The van der Waals surface area contributed by atoms with Gasteiger partial charge in [0.15, 0.2) is 0 Å². The van der Waals surface area contributed by atoms with Crippen molar-refractivity contribution in [1.82, 2.24) is 0 Å². The van der Waals surface area contributed by atoms with E-state index in [1.165, 1.54) is 6.08 Å². The SMILES string of the molecule is CN(C)c1ccc(/C=C(\C#N)C(=O)Nc2cccc(Cl)c2Cl)cc1. The molecule has 0 radical (unpaired) electrons. The molecule has 2 aromatic carbocycles. The Bertz CT molecular complexity index is 821. The molecule has 1 amide bonds. The zero-order valence-electron chi connectivity index (χ0n) is 13.2. The van der Waals surface area contributed by atoms with Gasteiger partial charge in [0.05, 0.1) is 15.7 Å². The molecule has 2 aromatic rings. The minimum atomic E-state index is -0.543. The van der Waals surface area contributed by atoms with Gasteiger partial charge in [-0.3, -0.25) is 4.79 Å². The molecule has 0 aliphatic carbocycles. The lowest BCUT2D eigenvalue weighted by Gasteiger charge is -2.12. The first kappa shape index (κ1) is 17.9. The summed E-state index contributed by atoms with van der Waals surface area (Å²) in [6.45, 7) is 0. The summed E-state index contributed by atoms with van der Waals surface area (Å²) in [4.78, 5) is 14.2. The maximum Gasteiger partial charge on any atom is 0.266 e. The topological polar surface area (TPSA) is 56.1 Å². The Balaban J connectivity index is 2.22. The number of amides is 1. The third kappa shape index (κ3) is 4.29. The number of nitriles is 1. The minimum Gasteiger partial charge on any atom is -0.378 e. The number of hydrogen-bond donors (Lipinski definition) is 1. The van der Waals surface area contributed by atoms with Crippen LogP contribution in [0.25, 0.3) is 6.08 Å². The number of hydrogen-bond acceptors (Lipinski definition) is 3. The van der Waals surface area contributed by atoms with E-state index in [9.17, 15) is 10.1 Å². The van der Waals surface area contributed by atoms with Gasteiger partial charge in [-0.2, -0.15) is 5.26 Å². The summed E-state index contributed by atoms with van der Waals surface area (Å²) >= 11 is 12.0. The number of halogens is 2. The summed E-state index contributed by atoms with van der Waals surface area (Å²) in [5.41, 5.74) is 2.12. The van der Waals surface area contributed by atoms with Crippen LogP contribution in [0.2, 0.25) is 10.0 Å². The van der Waals surface area contributed by atoms with E-state index in [4.69, 9.17) is 23.2 Å². The number of nitrogens with one attached hydrogen (secondary N) is 1. The summed E-state index contributed by atoms with van der Waals surface area (Å²) in [5.74, 6) is -0.543. The number of rotatable bonds is 4. The first-order chi connectivity index (χ1) is 11.4. The molecule has 1 N–H and O–H groups in total. The largest absolute Gasteiger partial charge is 0.378 e. The van der Waals surface area contributed by atoms with E-state index in [-0.39, 0.29) is 10.6 Å². The highest BCUT2D eigenvalue weighted by molar-refractivity contribution is 6.44. The van der Waals surface area contributed by atoms with Gasteiger partial charge in [-0.15, -0.1) is 0 Å². The van der Waals surface area contributed by atoms with Crippen LogP contribution in [0.1, 0.15) is 5.56 Å². The van der Waals surface area contributed by atoms with Crippen LogP contribution in [0, 0.1) is 11.3 Å². The van der Waals surface area contributed by atoms with Gasteiger partial charge < -0.3 is 10.2 Å². The monoisotopic (exact) mass is 359 g/mol. The molecule has 0 fully saturated rings. The van der Waals surface area contributed by atoms with E-state index < -0.39 is 5.91 Å². The van der Waals surface area contributed by atoms with Crippen molar-refractivity contribution in [3.05, 3.63) is 63.6 Å². The molecule has 0 bridgehead atoms. The van der Waals surface area contributed by atoms with Crippen molar-refractivity contribution in [3.63, 3.8) is 0 Å². The van der Waals surface area contributed by atoms with E-state index in [0.29, 0.717) is 10.7 Å². The normalized spacial score (nSPS) is 10.9. The second kappa shape index (κ2) is 7.87. The molecule has 0 spiro atoms. The summed E-state index contributed by atoms with van der Waals surface area (Å²) < 4.78 is 0. The fourth-order valence-corrected chi connectivity index (χ4v) is 2.32. The Morgan fingerprint density at radius 3 is 2.42 bits per heavy atom. The van der Waals surface area contributed by atoms with E-state index >= 15 is 0 Å². The molecular formula is C18H15Cl2N3O. The molecule has 0 heterocycles. The molecule has 0 saturated carbocycles. The maximum atomic E-state index is 12.3. The van der Waals surface area contributed by atoms with Crippen molar-refractivity contribution in [1.29, 1.82) is 5.26 Å². The summed E-state index contributed by atoms with van der Waals surface area (Å²) in [6.07, 6.45) is 1.52. The highest BCUT2D eigenvalue weighted by Gasteiger charge is 2.12. The first-order valence-corrected chi connectivity index (χ1v) is 7.82. The molecule has 122 valence electrons. The molecular weight excluding hydrogens is 345 g/mol. The molecule has 0 unspecified atom stereocenters. The maximum absolute atomic E-state index is 12.3. The minimum absolute atomic E-state index is 0.0244. The fourth-order valence-electron chi connectivity index (χ4n) is 1.97. The van der Waals surface area contributed by atoms with Gasteiger partial charge in [-0.25, -0.2) is 0 Å². The molecule has 4 nitrogen and oxygen atoms in total. The lowest BCUT2D eigenvalue weighted by Crippen LogP contribution is -2.13. The Kier molecular flexibility index (Phi) is 5.86. The molecule has 0 atom stereocenters. The summed E-state index contributed by atoms with van der Waals surface area (Å²) in [6, 6.07) is 14.3. The Morgan fingerprint density at radius 1 is 1.17 bits per heavy atom. The predicted octanol–water partition coefficient (Wildman–Crippen LogP) is 4.61. The number of anilines is 2. The second-order valence-electron chi connectivity index (χ2n) is 5.21. The second-order valence-corrected chi connectivity index (χ2v) is 6.00. The van der Waals surface area contributed by atoms with Gasteiger partial charge in [0.2, 0.25) is 0 Å². The van der Waals surface area contributed by atoms with Crippen LogP contribution in [-0.2, 0) is 4.79 Å². The molecule has 6 heteroatoms. The highest BCUT2D eigenvalue weighted by atomic mass is 35.5. The van der Waals surface area contributed by atoms with E-state index in [2.05, 4.69) is 5.32 Å². The lowest BCUT2D eigenvalue weighted by atomic mass is 10.1. The average Bonchev–Trinajstić information content (AvgIpc) is 2.57. The van der Waals surface area contributed by atoms with Gasteiger partial charge in [-0.1, -0.05) is 41.4 Å². The van der Waals surface area contributed by atoms with Crippen LogP contribution in [0.4, 0.5) is 11.4 Å². The molecule has 0 saturated heterocycles. The van der Waals surface area contributed by atoms with Crippen molar-refractivity contribution >= 4 is 46.6 Å². The van der Waals surface area contributed by atoms with Gasteiger partial charge in [0, 0.05) is 19.8 Å². The molecule has 0 aliphatic heterocycles. The van der Waals surface area contributed by atoms with Crippen LogP contribution < -0.4 is 10.2 Å². The van der Waals surface area contributed by atoms with Gasteiger partial charge >= 0.3 is 0 Å². The van der Waals surface area contributed by atoms with Crippen molar-refractivity contribution in [2.24, 2.45) is 0 Å². The van der Waals surface area contributed by atoms with Gasteiger partial charge in [0.25, 0.3) is 5.91 Å². The quantitative estimate of drug-likeness (QED) is 0.640. The summed E-state index contributed by atoms with van der Waals surface area (Å²) in [7, 11) is 3.88. The molecule has 0 aromatic heterocycles. The van der Waals surface area contributed by atoms with E-state index in [1.807, 2.05) is 49.3 Å². The fraction of sp³-hybridized carbons (Fsp3) is 0.111. The molecule has 24 heavy (non-hydrogen) atoms. The van der Waals surface area contributed by atoms with Crippen molar-refractivity contribution in [2.45, 2.75) is 0 Å². The predicted molar refractivity (Wildman–Crippen MR) is 99.5 cm³/mol. The van der Waals surface area contributed by atoms with Crippen LogP contribution in [-0.4, -0.2) is 20.0 Å². The van der Waals surface area contributed by atoms with Crippen LogP contribution in [0.15, 0.2) is 48.0 Å². The Hall–Kier alpha value is -2.48. The van der Waals surface area contributed by atoms with Crippen molar-refractivity contribution < 1.29 is 4.79 Å². The lowest BCUT2D eigenvalue weighted by molar-refractivity contribution is -0.112. The zero-order chi connectivity index (χ0) is 17.7. The third-order valence-electron chi connectivity index (χ3n) is 3.29. The average molecular weight is 360 g/mol. The third-order valence-corrected chi connectivity index (χ3v) is 4.10. The van der Waals surface area contributed by atoms with Crippen molar-refractivity contribution in [3.8, 4) is 6.07 Å². The smallest absolute Gasteiger partial charge is 0.266 e. The van der Waals surface area contributed by atoms with Crippen LogP contribution in [0.3, 0.4) is 0 Å². The molecule has 2 rings (SSSR count). The first-order valence-electron chi connectivity index (χ1n) is 7.07. The zero-order valence-corrected chi connectivity index (χ0v) is 14.7. The summed E-state index contributed by atoms with van der Waals surface area (Å²) in [5, 5.41) is 12.4. The van der Waals surface area contributed by atoms with Gasteiger partial charge in [-0.05, 0) is 35.9 Å². The van der Waals surface area contributed by atoms with Gasteiger partial charge in [0.1, 0.15) is 11.6 Å². The number of benzene rings is 2.